The molecule has 1 amide bonds. The fourth-order valence-corrected chi connectivity index (χ4v) is 6.85. The standard InChI is InChI=1S/C23H25N5O5S2/c1-13-20-16(22(29)26-23-24-7-8-34-23)11-17(14-4-5-18(32-2)19(10-14)33-3)25-21(20)28(27-13)15-6-9-35(30,31)12-15/h4-5,10-11,15H,6-9,12H2,1-3H3,(H,24,26,29). The number of thioether (sulfide) groups is 1. The number of nitrogens with zero attached hydrogens (tertiary/aromatic N) is 4. The Balaban J connectivity index is 1.69. The lowest BCUT2D eigenvalue weighted by Gasteiger charge is -2.13. The van der Waals surface area contributed by atoms with Gasteiger partial charge in [-0.2, -0.15) is 5.10 Å². The van der Waals surface area contributed by atoms with Crippen molar-refractivity contribution in [1.82, 2.24) is 20.1 Å². The Bertz CT molecular complexity index is 1460. The lowest BCUT2D eigenvalue weighted by Crippen LogP contribution is -2.27. The fourth-order valence-electron chi connectivity index (χ4n) is 4.43. The zero-order valence-corrected chi connectivity index (χ0v) is 21.2. The van der Waals surface area contributed by atoms with Crippen LogP contribution in [0, 0.1) is 6.92 Å². The van der Waals surface area contributed by atoms with E-state index in [-0.39, 0.29) is 23.5 Å². The van der Waals surface area contributed by atoms with Gasteiger partial charge in [0.25, 0.3) is 5.91 Å². The summed E-state index contributed by atoms with van der Waals surface area (Å²) in [4.78, 5) is 22.6. The second-order valence-electron chi connectivity index (χ2n) is 8.40. The summed E-state index contributed by atoms with van der Waals surface area (Å²) in [6, 6.07) is 6.79. The molecular formula is C23H25N5O5S2. The Morgan fingerprint density at radius 3 is 2.66 bits per heavy atom. The van der Waals surface area contributed by atoms with Crippen LogP contribution < -0.4 is 14.8 Å². The normalized spacial score (nSPS) is 19.1. The molecule has 5 rings (SSSR count). The van der Waals surface area contributed by atoms with Crippen molar-refractivity contribution in [2.24, 2.45) is 4.99 Å². The number of amidine groups is 1. The summed E-state index contributed by atoms with van der Waals surface area (Å²) < 4.78 is 36.8. The first-order valence-corrected chi connectivity index (χ1v) is 13.9. The number of ether oxygens (including phenoxy) is 2. The minimum absolute atomic E-state index is 0.000458. The highest BCUT2D eigenvalue weighted by atomic mass is 32.2. The Kier molecular flexibility index (Phi) is 6.18. The van der Waals surface area contributed by atoms with Gasteiger partial charge in [0.15, 0.2) is 32.2 Å². The molecule has 35 heavy (non-hydrogen) atoms. The van der Waals surface area contributed by atoms with Crippen LogP contribution in [0.3, 0.4) is 0 Å². The molecule has 3 aromatic rings. The maximum absolute atomic E-state index is 13.4. The van der Waals surface area contributed by atoms with E-state index >= 15 is 0 Å². The van der Waals surface area contributed by atoms with Crippen LogP contribution >= 0.6 is 11.8 Å². The van der Waals surface area contributed by atoms with Crippen molar-refractivity contribution in [3.8, 4) is 22.8 Å². The highest BCUT2D eigenvalue weighted by molar-refractivity contribution is 8.14. The number of aromatic nitrogens is 3. The first-order valence-electron chi connectivity index (χ1n) is 11.1. The number of amides is 1. The number of hydrogen-bond donors (Lipinski definition) is 1. The number of methoxy groups -OCH3 is 2. The molecule has 184 valence electrons. The molecule has 2 aromatic heterocycles. The quantitative estimate of drug-likeness (QED) is 0.550. The Labute approximate surface area is 207 Å². The number of benzene rings is 1. The van der Waals surface area contributed by atoms with Gasteiger partial charge in [0.1, 0.15) is 0 Å². The van der Waals surface area contributed by atoms with Crippen LogP contribution in [0.2, 0.25) is 0 Å². The van der Waals surface area contributed by atoms with Gasteiger partial charge in [0.05, 0.1) is 60.6 Å². The third-order valence-corrected chi connectivity index (χ3v) is 8.76. The second-order valence-corrected chi connectivity index (χ2v) is 11.7. The number of aliphatic imine (C=N–C) groups is 1. The molecule has 0 saturated carbocycles. The van der Waals surface area contributed by atoms with Crippen molar-refractivity contribution in [3.63, 3.8) is 0 Å². The van der Waals surface area contributed by atoms with E-state index < -0.39 is 9.84 Å². The molecule has 0 spiro atoms. The SMILES string of the molecule is COc1ccc(-c2cc(C(=O)NC3=NCCS3)c3c(C)nn(C4CCS(=O)(=O)C4)c3n2)cc1OC. The van der Waals surface area contributed by atoms with E-state index in [0.29, 0.717) is 57.6 Å². The zero-order valence-electron chi connectivity index (χ0n) is 19.6. The van der Waals surface area contributed by atoms with E-state index in [9.17, 15) is 13.2 Å². The summed E-state index contributed by atoms with van der Waals surface area (Å²) in [5.41, 5.74) is 2.74. The van der Waals surface area contributed by atoms with Gasteiger partial charge >= 0.3 is 0 Å². The minimum atomic E-state index is -3.14. The Hall–Kier alpha value is -3.12. The van der Waals surface area contributed by atoms with Gasteiger partial charge in [-0.25, -0.2) is 18.1 Å². The van der Waals surface area contributed by atoms with Crippen LogP contribution in [0.25, 0.3) is 22.3 Å². The number of carbonyl (C=O) groups excluding carboxylic acids is 1. The van der Waals surface area contributed by atoms with Crippen LogP contribution in [-0.4, -0.2) is 72.3 Å². The molecule has 10 nitrogen and oxygen atoms in total. The first-order chi connectivity index (χ1) is 16.8. The average molecular weight is 516 g/mol. The van der Waals surface area contributed by atoms with Gasteiger partial charge in [-0.15, -0.1) is 0 Å². The van der Waals surface area contributed by atoms with E-state index in [1.165, 1.54) is 11.8 Å². The van der Waals surface area contributed by atoms with Crippen LogP contribution in [0.5, 0.6) is 11.5 Å². The minimum Gasteiger partial charge on any atom is -0.493 e. The molecular weight excluding hydrogens is 490 g/mol. The second kappa shape index (κ2) is 9.15. The molecule has 2 aliphatic heterocycles. The van der Waals surface area contributed by atoms with E-state index in [4.69, 9.17) is 14.5 Å². The highest BCUT2D eigenvalue weighted by Gasteiger charge is 2.32. The predicted octanol–water partition coefficient (Wildman–Crippen LogP) is 2.62. The maximum Gasteiger partial charge on any atom is 0.258 e. The molecule has 4 heterocycles. The van der Waals surface area contributed by atoms with Crippen LogP contribution in [0.4, 0.5) is 0 Å². The number of hydrogen-bond acceptors (Lipinski definition) is 9. The van der Waals surface area contributed by atoms with Gasteiger partial charge in [-0.3, -0.25) is 9.79 Å². The van der Waals surface area contributed by atoms with Crippen LogP contribution in [0.1, 0.15) is 28.5 Å². The van der Waals surface area contributed by atoms with Crippen molar-refractivity contribution in [2.45, 2.75) is 19.4 Å². The van der Waals surface area contributed by atoms with Crippen molar-refractivity contribution in [2.75, 3.05) is 38.0 Å². The smallest absolute Gasteiger partial charge is 0.258 e. The average Bonchev–Trinajstić information content (AvgIpc) is 3.57. The topological polar surface area (TPSA) is 125 Å². The predicted molar refractivity (Wildman–Crippen MR) is 135 cm³/mol. The molecule has 1 saturated heterocycles. The lowest BCUT2D eigenvalue weighted by molar-refractivity contribution is 0.0979. The zero-order chi connectivity index (χ0) is 24.7. The maximum atomic E-state index is 13.4. The first kappa shape index (κ1) is 23.6. The number of fused-ring (bicyclic) bond motifs is 1. The summed E-state index contributed by atoms with van der Waals surface area (Å²) in [6.07, 6.45) is 0.454. The summed E-state index contributed by atoms with van der Waals surface area (Å²) in [6.45, 7) is 2.47. The summed E-state index contributed by atoms with van der Waals surface area (Å²) in [5, 5.41) is 8.71. The molecule has 1 N–H and O–H groups in total. The summed E-state index contributed by atoms with van der Waals surface area (Å²) >= 11 is 1.49. The number of aryl methyl sites for hydroxylation is 1. The largest absolute Gasteiger partial charge is 0.493 e. The van der Waals surface area contributed by atoms with Crippen molar-refractivity contribution < 1.29 is 22.7 Å². The highest BCUT2D eigenvalue weighted by Crippen LogP contribution is 2.35. The fraction of sp³-hybridized carbons (Fsp3) is 0.391. The molecule has 2 aliphatic rings. The van der Waals surface area contributed by atoms with Gasteiger partial charge in [-0.1, -0.05) is 11.8 Å². The van der Waals surface area contributed by atoms with Crippen LogP contribution in [0.15, 0.2) is 29.3 Å². The van der Waals surface area contributed by atoms with Crippen molar-refractivity contribution in [3.05, 3.63) is 35.5 Å². The molecule has 12 heteroatoms. The Morgan fingerprint density at radius 2 is 2.00 bits per heavy atom. The monoisotopic (exact) mass is 515 g/mol. The third kappa shape index (κ3) is 4.47. The molecule has 0 radical (unpaired) electrons. The van der Waals surface area contributed by atoms with Crippen molar-refractivity contribution in [1.29, 1.82) is 0 Å². The number of nitrogens with one attached hydrogen (secondary N) is 1. The van der Waals surface area contributed by atoms with E-state index in [2.05, 4.69) is 15.4 Å². The Morgan fingerprint density at radius 1 is 1.20 bits per heavy atom. The van der Waals surface area contributed by atoms with E-state index in [1.54, 1.807) is 44.0 Å². The number of rotatable bonds is 5. The van der Waals surface area contributed by atoms with Gasteiger partial charge < -0.3 is 14.8 Å². The van der Waals surface area contributed by atoms with E-state index in [1.807, 2.05) is 6.07 Å². The summed E-state index contributed by atoms with van der Waals surface area (Å²) in [7, 11) is -0.0288. The van der Waals surface area contributed by atoms with E-state index in [0.717, 1.165) is 11.3 Å². The molecule has 1 atom stereocenters. The number of pyridine rings is 1. The summed E-state index contributed by atoms with van der Waals surface area (Å²) in [5.74, 6) is 1.72. The molecule has 0 bridgehead atoms. The van der Waals surface area contributed by atoms with Gasteiger partial charge in [-0.05, 0) is 37.6 Å². The molecule has 1 unspecified atom stereocenters. The number of sulfone groups is 1. The van der Waals surface area contributed by atoms with Gasteiger partial charge in [0.2, 0.25) is 0 Å². The number of carbonyl (C=O) groups is 1. The van der Waals surface area contributed by atoms with Crippen molar-refractivity contribution >= 4 is 43.7 Å². The van der Waals surface area contributed by atoms with Crippen LogP contribution in [-0.2, 0) is 9.84 Å². The third-order valence-electron chi connectivity index (χ3n) is 6.12. The lowest BCUT2D eigenvalue weighted by atomic mass is 10.0. The molecule has 1 fully saturated rings. The van der Waals surface area contributed by atoms with Gasteiger partial charge in [0, 0.05) is 11.3 Å². The molecule has 1 aromatic carbocycles. The molecule has 0 aliphatic carbocycles.